The number of rotatable bonds is 21. The maximum absolute atomic E-state index is 13.2. The Labute approximate surface area is 271 Å². The van der Waals surface area contributed by atoms with Gasteiger partial charge in [0, 0.05) is 6.42 Å². The first-order chi connectivity index (χ1) is 21.7. The molecule has 14 N–H and O–H groups in total. The fourth-order valence-corrected chi connectivity index (χ4v) is 3.85. The van der Waals surface area contributed by atoms with E-state index in [0.29, 0.717) is 0 Å². The van der Waals surface area contributed by atoms with Crippen LogP contribution in [-0.2, 0) is 43.2 Å². The highest BCUT2D eigenvalue weighted by atomic mass is 16.4. The summed E-state index contributed by atoms with van der Waals surface area (Å²) >= 11 is 0. The number of aliphatic hydroxyl groups excluding tert-OH is 1. The largest absolute Gasteiger partial charge is 0.480 e. The molecule has 20 heteroatoms. The van der Waals surface area contributed by atoms with Gasteiger partial charge in [-0.1, -0.05) is 27.7 Å². The zero-order valence-electron chi connectivity index (χ0n) is 27.0. The SMILES string of the molecule is CC(C)[C@H](NC(=O)[C@H](CC(N)=O)NC(=O)[C@@H](NC(=O)[C@@H](NC(=O)[C@@H](N)CCC(N)=O)C(C)C)[C@@H](C)O)C(=O)NCC(=O)NCC(=O)O. The van der Waals surface area contributed by atoms with Gasteiger partial charge in [0.25, 0.3) is 0 Å². The van der Waals surface area contributed by atoms with Gasteiger partial charge >= 0.3 is 5.97 Å². The second-order valence-corrected chi connectivity index (χ2v) is 11.4. The second-order valence-electron chi connectivity index (χ2n) is 11.4. The first-order valence-corrected chi connectivity index (χ1v) is 14.7. The summed E-state index contributed by atoms with van der Waals surface area (Å²) < 4.78 is 0. The summed E-state index contributed by atoms with van der Waals surface area (Å²) in [6, 6.07) is -7.11. The van der Waals surface area contributed by atoms with E-state index in [2.05, 4.69) is 26.6 Å². The Bertz CT molecular complexity index is 1180. The molecule has 266 valence electrons. The number of carboxylic acid groups (broad SMARTS) is 1. The molecule has 8 amide bonds. The summed E-state index contributed by atoms with van der Waals surface area (Å²) in [5, 5.41) is 32.5. The number of hydrogen-bond acceptors (Lipinski definition) is 11. The lowest BCUT2D eigenvalue weighted by Gasteiger charge is -2.29. The molecule has 0 heterocycles. The van der Waals surface area contributed by atoms with Crippen LogP contribution in [0.15, 0.2) is 0 Å². The van der Waals surface area contributed by atoms with E-state index in [1.807, 2.05) is 5.32 Å². The molecule has 0 fully saturated rings. The van der Waals surface area contributed by atoms with Gasteiger partial charge in [-0.05, 0) is 25.2 Å². The first-order valence-electron chi connectivity index (χ1n) is 14.7. The molecule has 0 radical (unpaired) electrons. The van der Waals surface area contributed by atoms with Gasteiger partial charge in [-0.3, -0.25) is 43.2 Å². The number of carbonyl (C=O) groups is 9. The first kappa shape index (κ1) is 42.1. The average molecular weight is 674 g/mol. The van der Waals surface area contributed by atoms with Crippen molar-refractivity contribution in [2.24, 2.45) is 29.0 Å². The van der Waals surface area contributed by atoms with Gasteiger partial charge in [0.2, 0.25) is 47.3 Å². The molecule has 0 aromatic heterocycles. The van der Waals surface area contributed by atoms with Gasteiger partial charge in [-0.25, -0.2) is 0 Å². The van der Waals surface area contributed by atoms with E-state index < -0.39 is 121 Å². The molecule has 47 heavy (non-hydrogen) atoms. The summed E-state index contributed by atoms with van der Waals surface area (Å²) in [6.45, 7) is 6.11. The molecule has 0 aromatic carbocycles. The van der Waals surface area contributed by atoms with Gasteiger partial charge in [0.05, 0.1) is 25.1 Å². The number of carbonyl (C=O) groups excluding carboxylic acids is 8. The highest BCUT2D eigenvalue weighted by Crippen LogP contribution is 2.07. The van der Waals surface area contributed by atoms with Crippen molar-refractivity contribution in [2.75, 3.05) is 13.1 Å². The minimum atomic E-state index is -1.71. The number of hydrogen-bond donors (Lipinski definition) is 11. The third kappa shape index (κ3) is 16.3. The molecule has 6 atom stereocenters. The van der Waals surface area contributed by atoms with Crippen molar-refractivity contribution in [3.05, 3.63) is 0 Å². The summed E-state index contributed by atoms with van der Waals surface area (Å²) in [5.74, 6) is -9.64. The highest BCUT2D eigenvalue weighted by Gasteiger charge is 2.35. The Morgan fingerprint density at radius 2 is 1.11 bits per heavy atom. The van der Waals surface area contributed by atoms with Crippen LogP contribution in [0.3, 0.4) is 0 Å². The predicted octanol–water partition coefficient (Wildman–Crippen LogP) is -5.60. The van der Waals surface area contributed by atoms with Crippen LogP contribution >= 0.6 is 0 Å². The molecule has 0 aromatic rings. The van der Waals surface area contributed by atoms with Gasteiger partial charge < -0.3 is 59.3 Å². The Morgan fingerprint density at radius 3 is 1.57 bits per heavy atom. The normalized spacial score (nSPS) is 14.7. The summed E-state index contributed by atoms with van der Waals surface area (Å²) in [5.41, 5.74) is 16.1. The lowest BCUT2D eigenvalue weighted by molar-refractivity contribution is -0.138. The Hall–Kier alpha value is -4.85. The van der Waals surface area contributed by atoms with Crippen LogP contribution in [0, 0.1) is 11.8 Å². The average Bonchev–Trinajstić information content (AvgIpc) is 2.95. The van der Waals surface area contributed by atoms with Gasteiger partial charge in [0.15, 0.2) is 0 Å². The minimum absolute atomic E-state index is 0.0862. The van der Waals surface area contributed by atoms with E-state index in [9.17, 15) is 48.3 Å². The van der Waals surface area contributed by atoms with E-state index in [0.717, 1.165) is 6.92 Å². The van der Waals surface area contributed by atoms with Crippen molar-refractivity contribution >= 4 is 53.2 Å². The molecule has 0 saturated carbocycles. The number of amides is 8. The smallest absolute Gasteiger partial charge is 0.322 e. The monoisotopic (exact) mass is 673 g/mol. The topological polar surface area (TPSA) is 344 Å². The Morgan fingerprint density at radius 1 is 0.617 bits per heavy atom. The zero-order valence-corrected chi connectivity index (χ0v) is 27.0. The van der Waals surface area contributed by atoms with E-state index in [1.165, 1.54) is 0 Å². The predicted molar refractivity (Wildman–Crippen MR) is 163 cm³/mol. The summed E-state index contributed by atoms with van der Waals surface area (Å²) in [7, 11) is 0. The number of aliphatic hydroxyl groups is 1. The Balaban J connectivity index is 5.75. The van der Waals surface area contributed by atoms with Crippen molar-refractivity contribution in [3.8, 4) is 0 Å². The van der Waals surface area contributed by atoms with Crippen molar-refractivity contribution in [3.63, 3.8) is 0 Å². The maximum Gasteiger partial charge on any atom is 0.322 e. The molecular weight excluding hydrogens is 626 g/mol. The number of primary amides is 2. The Kier molecular flexibility index (Phi) is 18.2. The van der Waals surface area contributed by atoms with Crippen LogP contribution in [0.1, 0.15) is 53.9 Å². The van der Waals surface area contributed by atoms with Crippen molar-refractivity contribution in [2.45, 2.75) is 90.2 Å². The fourth-order valence-electron chi connectivity index (χ4n) is 3.85. The van der Waals surface area contributed by atoms with E-state index >= 15 is 0 Å². The van der Waals surface area contributed by atoms with E-state index in [1.54, 1.807) is 27.7 Å². The van der Waals surface area contributed by atoms with Crippen LogP contribution in [0.5, 0.6) is 0 Å². The molecule has 0 unspecified atom stereocenters. The van der Waals surface area contributed by atoms with Gasteiger partial charge in [-0.15, -0.1) is 0 Å². The van der Waals surface area contributed by atoms with Crippen molar-refractivity contribution in [1.82, 2.24) is 31.9 Å². The van der Waals surface area contributed by atoms with Gasteiger partial charge in [-0.2, -0.15) is 0 Å². The quantitative estimate of drug-likeness (QED) is 0.0543. The third-order valence-electron chi connectivity index (χ3n) is 6.49. The lowest BCUT2D eigenvalue weighted by atomic mass is 10.0. The lowest BCUT2D eigenvalue weighted by Crippen LogP contribution is -2.62. The van der Waals surface area contributed by atoms with Crippen molar-refractivity contribution < 1.29 is 53.4 Å². The molecule has 0 bridgehead atoms. The standard InChI is InChI=1S/C27H47N9O11/c1-11(2)20(25(45)32-9-18(40)31-10-19(41)42)35-24(44)15(8-17(30)39)33-27(47)22(13(5)37)36-26(46)21(12(3)4)34-23(43)14(28)6-7-16(29)38/h11-15,20-22,37H,6-10,28H2,1-5H3,(H2,29,38)(H2,30,39)(H,31,40)(H,32,45)(H,33,47)(H,34,43)(H,35,44)(H,36,46)(H,41,42)/t13-,14+,15+,20+,21+,22+/m1/s1. The third-order valence-corrected chi connectivity index (χ3v) is 6.49. The molecule has 20 nitrogen and oxygen atoms in total. The van der Waals surface area contributed by atoms with Crippen LogP contribution in [-0.4, -0.2) is 113 Å². The van der Waals surface area contributed by atoms with Crippen LogP contribution in [0.25, 0.3) is 0 Å². The van der Waals surface area contributed by atoms with Crippen LogP contribution < -0.4 is 49.1 Å². The summed E-state index contributed by atoms with van der Waals surface area (Å²) in [4.78, 5) is 110. The zero-order chi connectivity index (χ0) is 36.6. The number of carboxylic acids is 1. The molecular formula is C27H47N9O11. The number of nitrogens with two attached hydrogens (primary N) is 3. The minimum Gasteiger partial charge on any atom is -0.480 e. The molecule has 0 saturated heterocycles. The van der Waals surface area contributed by atoms with Crippen LogP contribution in [0.4, 0.5) is 0 Å². The maximum atomic E-state index is 13.2. The second kappa shape index (κ2) is 20.3. The summed E-state index contributed by atoms with van der Waals surface area (Å²) in [6.07, 6.45) is -2.57. The molecule has 0 aliphatic heterocycles. The van der Waals surface area contributed by atoms with E-state index in [-0.39, 0.29) is 12.8 Å². The molecule has 0 spiro atoms. The highest BCUT2D eigenvalue weighted by molar-refractivity contribution is 5.98. The number of aliphatic carboxylic acids is 1. The van der Waals surface area contributed by atoms with Crippen LogP contribution in [0.2, 0.25) is 0 Å². The van der Waals surface area contributed by atoms with E-state index in [4.69, 9.17) is 22.3 Å². The molecule has 0 rings (SSSR count). The molecule has 0 aliphatic rings. The number of nitrogens with one attached hydrogen (secondary N) is 6. The van der Waals surface area contributed by atoms with Crippen molar-refractivity contribution in [1.29, 1.82) is 0 Å². The van der Waals surface area contributed by atoms with Gasteiger partial charge in [0.1, 0.15) is 30.7 Å². The molecule has 0 aliphatic carbocycles. The fraction of sp³-hybridized carbons (Fsp3) is 0.667.